The van der Waals surface area contributed by atoms with Gasteiger partial charge in [-0.2, -0.15) is 0 Å². The van der Waals surface area contributed by atoms with Crippen LogP contribution in [0.5, 0.6) is 28.7 Å². The SMILES string of the molecule is COc1cc([C@@H]2OC[C@H]3[C@@H]2CO[C@H]3c2cc(O)c3c(c2)OCO3)ccc1O[C@@H]1O[C@H](CO)[C@@H](O)[C@H](O)[C@H]1O. The molecule has 0 saturated carbocycles. The Morgan fingerprint density at radius 3 is 2.32 bits per heavy atom. The molecular formula is C26H30O12. The molecule has 2 aromatic rings. The number of benzene rings is 2. The maximum atomic E-state index is 10.3. The van der Waals surface area contributed by atoms with Crippen molar-refractivity contribution in [1.29, 1.82) is 0 Å². The first kappa shape index (κ1) is 25.4. The molecule has 6 rings (SSSR count). The molecule has 0 spiro atoms. The molecule has 5 N–H and O–H groups in total. The fourth-order valence-electron chi connectivity index (χ4n) is 5.66. The van der Waals surface area contributed by atoms with Crippen molar-refractivity contribution in [2.24, 2.45) is 11.8 Å². The summed E-state index contributed by atoms with van der Waals surface area (Å²) >= 11 is 0. The fourth-order valence-corrected chi connectivity index (χ4v) is 5.66. The molecule has 38 heavy (non-hydrogen) atoms. The van der Waals surface area contributed by atoms with Crippen LogP contribution in [0.1, 0.15) is 23.3 Å². The topological polar surface area (TPSA) is 166 Å². The highest BCUT2D eigenvalue weighted by molar-refractivity contribution is 5.55. The Morgan fingerprint density at radius 2 is 1.61 bits per heavy atom. The van der Waals surface area contributed by atoms with Gasteiger partial charge in [0, 0.05) is 11.8 Å². The standard InChI is InChI=1S/C26H30O12/c1-32-17-5-11(2-3-16(17)37-26-22(31)21(30)20(29)19(7-27)38-26)23-13-8-34-24(14(13)9-33-23)12-4-15(28)25-18(6-12)35-10-36-25/h2-6,13-14,19-24,26-31H,7-10H2,1H3/t13-,14-,19+,20+,21-,22+,23-,24-,26+/m0/s1. The number of phenols is 1. The Balaban J connectivity index is 1.19. The third-order valence-corrected chi connectivity index (χ3v) is 7.68. The van der Waals surface area contributed by atoms with E-state index >= 15 is 0 Å². The minimum Gasteiger partial charge on any atom is -0.504 e. The van der Waals surface area contributed by atoms with Gasteiger partial charge in [0.25, 0.3) is 0 Å². The second kappa shape index (κ2) is 10.0. The van der Waals surface area contributed by atoms with Gasteiger partial charge in [-0.3, -0.25) is 0 Å². The Bertz CT molecular complexity index is 1170. The molecule has 0 bridgehead atoms. The first-order valence-corrected chi connectivity index (χ1v) is 12.4. The van der Waals surface area contributed by atoms with E-state index in [1.807, 2.05) is 12.1 Å². The number of hydrogen-bond donors (Lipinski definition) is 5. The minimum atomic E-state index is -1.55. The summed E-state index contributed by atoms with van der Waals surface area (Å²) in [5, 5.41) is 50.1. The van der Waals surface area contributed by atoms with Gasteiger partial charge in [0.2, 0.25) is 18.8 Å². The van der Waals surface area contributed by atoms with Crippen LogP contribution in [0.3, 0.4) is 0 Å². The number of phenolic OH excluding ortho intramolecular Hbond substituents is 1. The smallest absolute Gasteiger partial charge is 0.231 e. The van der Waals surface area contributed by atoms with E-state index in [1.54, 1.807) is 18.2 Å². The van der Waals surface area contributed by atoms with Crippen LogP contribution in [0.2, 0.25) is 0 Å². The van der Waals surface area contributed by atoms with Crippen molar-refractivity contribution in [3.05, 3.63) is 41.5 Å². The minimum absolute atomic E-state index is 0.0113. The molecule has 0 amide bonds. The second-order valence-corrected chi connectivity index (χ2v) is 9.83. The predicted octanol–water partition coefficient (Wildman–Crippen LogP) is 0.383. The van der Waals surface area contributed by atoms with Gasteiger partial charge in [-0.05, 0) is 35.4 Å². The quantitative estimate of drug-likeness (QED) is 0.347. The summed E-state index contributed by atoms with van der Waals surface area (Å²) in [6.07, 6.45) is -7.55. The zero-order chi connectivity index (χ0) is 26.6. The zero-order valence-corrected chi connectivity index (χ0v) is 20.5. The van der Waals surface area contributed by atoms with Crippen molar-refractivity contribution in [1.82, 2.24) is 0 Å². The van der Waals surface area contributed by atoms with E-state index in [-0.39, 0.29) is 42.3 Å². The summed E-state index contributed by atoms with van der Waals surface area (Å²) in [5.41, 5.74) is 1.64. The third-order valence-electron chi connectivity index (χ3n) is 7.68. The molecule has 4 aliphatic rings. The van der Waals surface area contributed by atoms with Crippen LogP contribution < -0.4 is 18.9 Å². The van der Waals surface area contributed by atoms with Crippen LogP contribution in [0.25, 0.3) is 0 Å². The van der Waals surface area contributed by atoms with Gasteiger partial charge >= 0.3 is 0 Å². The molecule has 0 radical (unpaired) electrons. The Hall–Kier alpha value is -2.84. The van der Waals surface area contributed by atoms with E-state index in [0.29, 0.717) is 30.5 Å². The first-order chi connectivity index (χ1) is 18.4. The molecule has 3 fully saturated rings. The van der Waals surface area contributed by atoms with Crippen molar-refractivity contribution < 1.29 is 58.7 Å². The number of aromatic hydroxyl groups is 1. The van der Waals surface area contributed by atoms with Crippen LogP contribution in [-0.4, -0.2) is 90.0 Å². The second-order valence-electron chi connectivity index (χ2n) is 9.83. The molecule has 2 aromatic carbocycles. The Labute approximate surface area is 217 Å². The Kier molecular flexibility index (Phi) is 6.72. The van der Waals surface area contributed by atoms with Gasteiger partial charge in [-0.1, -0.05) is 6.07 Å². The van der Waals surface area contributed by atoms with Gasteiger partial charge in [-0.15, -0.1) is 0 Å². The number of aliphatic hydroxyl groups excluding tert-OH is 4. The summed E-state index contributed by atoms with van der Waals surface area (Å²) < 4.78 is 39.8. The molecule has 0 aromatic heterocycles. The lowest BCUT2D eigenvalue weighted by Gasteiger charge is -2.39. The molecule has 4 heterocycles. The van der Waals surface area contributed by atoms with Crippen LogP contribution in [-0.2, 0) is 14.2 Å². The summed E-state index contributed by atoms with van der Waals surface area (Å²) in [5.74, 6) is 1.53. The molecule has 12 heteroatoms. The van der Waals surface area contributed by atoms with E-state index in [9.17, 15) is 25.5 Å². The van der Waals surface area contributed by atoms with E-state index in [2.05, 4.69) is 0 Å². The summed E-state index contributed by atoms with van der Waals surface area (Å²) in [6.45, 7) is 0.422. The summed E-state index contributed by atoms with van der Waals surface area (Å²) in [4.78, 5) is 0. The number of aliphatic hydroxyl groups is 4. The molecule has 9 atom stereocenters. The highest BCUT2D eigenvalue weighted by Gasteiger charge is 2.49. The third kappa shape index (κ3) is 4.22. The maximum absolute atomic E-state index is 10.3. The predicted molar refractivity (Wildman–Crippen MR) is 126 cm³/mol. The molecular weight excluding hydrogens is 504 g/mol. The van der Waals surface area contributed by atoms with E-state index in [4.69, 9.17) is 33.2 Å². The largest absolute Gasteiger partial charge is 0.504 e. The van der Waals surface area contributed by atoms with Crippen LogP contribution >= 0.6 is 0 Å². The molecule has 4 aliphatic heterocycles. The number of methoxy groups -OCH3 is 1. The maximum Gasteiger partial charge on any atom is 0.231 e. The Morgan fingerprint density at radius 1 is 0.868 bits per heavy atom. The lowest BCUT2D eigenvalue weighted by Crippen LogP contribution is -2.60. The first-order valence-electron chi connectivity index (χ1n) is 12.4. The number of hydrogen-bond acceptors (Lipinski definition) is 12. The molecule has 0 aliphatic carbocycles. The normalized spacial score (nSPS) is 35.8. The van der Waals surface area contributed by atoms with Crippen molar-refractivity contribution in [3.63, 3.8) is 0 Å². The monoisotopic (exact) mass is 534 g/mol. The lowest BCUT2D eigenvalue weighted by atomic mass is 9.85. The van der Waals surface area contributed by atoms with Crippen LogP contribution in [0.4, 0.5) is 0 Å². The summed E-state index contributed by atoms with van der Waals surface area (Å²) in [6, 6.07) is 8.70. The van der Waals surface area contributed by atoms with Crippen LogP contribution in [0.15, 0.2) is 30.3 Å². The zero-order valence-electron chi connectivity index (χ0n) is 20.5. The van der Waals surface area contributed by atoms with Crippen molar-refractivity contribution in [2.75, 3.05) is 33.7 Å². The number of ether oxygens (including phenoxy) is 7. The fraction of sp³-hybridized carbons (Fsp3) is 0.538. The molecule has 3 saturated heterocycles. The average Bonchev–Trinajstić information content (AvgIpc) is 3.66. The van der Waals surface area contributed by atoms with Gasteiger partial charge < -0.3 is 58.7 Å². The lowest BCUT2D eigenvalue weighted by molar-refractivity contribution is -0.277. The van der Waals surface area contributed by atoms with E-state index in [1.165, 1.54) is 7.11 Å². The highest BCUT2D eigenvalue weighted by atomic mass is 16.7. The van der Waals surface area contributed by atoms with Crippen molar-refractivity contribution in [2.45, 2.75) is 42.9 Å². The molecule has 0 unspecified atom stereocenters. The molecule has 206 valence electrons. The number of fused-ring (bicyclic) bond motifs is 2. The molecule has 12 nitrogen and oxygen atoms in total. The van der Waals surface area contributed by atoms with Crippen molar-refractivity contribution in [3.8, 4) is 28.7 Å². The van der Waals surface area contributed by atoms with E-state index in [0.717, 1.165) is 11.1 Å². The average molecular weight is 535 g/mol. The van der Waals surface area contributed by atoms with Gasteiger partial charge in [0.05, 0.1) is 39.1 Å². The van der Waals surface area contributed by atoms with Gasteiger partial charge in [0.1, 0.15) is 24.4 Å². The van der Waals surface area contributed by atoms with Gasteiger partial charge in [0.15, 0.2) is 23.0 Å². The van der Waals surface area contributed by atoms with Crippen LogP contribution in [0, 0.1) is 11.8 Å². The van der Waals surface area contributed by atoms with Crippen molar-refractivity contribution >= 4 is 0 Å². The highest BCUT2D eigenvalue weighted by Crippen LogP contribution is 2.53. The number of rotatable bonds is 6. The summed E-state index contributed by atoms with van der Waals surface area (Å²) in [7, 11) is 1.47. The van der Waals surface area contributed by atoms with E-state index < -0.39 is 37.3 Å². The van der Waals surface area contributed by atoms with Gasteiger partial charge in [-0.25, -0.2) is 0 Å².